The van der Waals surface area contributed by atoms with Gasteiger partial charge in [-0.3, -0.25) is 4.98 Å². The van der Waals surface area contributed by atoms with E-state index in [0.717, 1.165) is 17.8 Å². The summed E-state index contributed by atoms with van der Waals surface area (Å²) in [5.41, 5.74) is 7.76. The van der Waals surface area contributed by atoms with Crippen molar-refractivity contribution in [3.05, 3.63) is 47.6 Å². The first kappa shape index (κ1) is 18.4. The minimum absolute atomic E-state index is 0. The van der Waals surface area contributed by atoms with Crippen LogP contribution in [0.25, 0.3) is 0 Å². The molecule has 0 aromatic carbocycles. The lowest BCUT2D eigenvalue weighted by Crippen LogP contribution is -2.33. The quantitative estimate of drug-likeness (QED) is 0.430. The molecule has 0 fully saturated rings. The molecule has 0 bridgehead atoms. The number of guanidine groups is 1. The van der Waals surface area contributed by atoms with Crippen LogP contribution < -0.4 is 11.1 Å². The zero-order chi connectivity index (χ0) is 15.1. The van der Waals surface area contributed by atoms with Crippen molar-refractivity contribution < 1.29 is 4.52 Å². The maximum atomic E-state index is 5.81. The van der Waals surface area contributed by atoms with Gasteiger partial charge in [0.25, 0.3) is 0 Å². The maximum Gasteiger partial charge on any atom is 0.189 e. The molecule has 2 rings (SSSR count). The van der Waals surface area contributed by atoms with Crippen molar-refractivity contribution in [3.8, 4) is 0 Å². The second-order valence-corrected chi connectivity index (χ2v) is 5.07. The summed E-state index contributed by atoms with van der Waals surface area (Å²) in [7, 11) is 0. The van der Waals surface area contributed by atoms with Gasteiger partial charge in [-0.05, 0) is 18.1 Å². The van der Waals surface area contributed by atoms with Crippen LogP contribution in [0.5, 0.6) is 0 Å². The highest BCUT2D eigenvalue weighted by Gasteiger charge is 2.06. The standard InChI is InChI=1S/C15H21N5O.HI/c1-11(2)14-9-13(21-20-14)10-19-15(16)18-8-6-12-5-3-4-7-17-12;/h3-5,7,9,11H,6,8,10H2,1-2H3,(H3,16,18,19);1H. The molecule has 2 heterocycles. The second kappa shape index (κ2) is 9.39. The number of rotatable bonds is 6. The average molecular weight is 415 g/mol. The van der Waals surface area contributed by atoms with Crippen molar-refractivity contribution in [1.82, 2.24) is 15.5 Å². The fraction of sp³-hybridized carbons (Fsp3) is 0.400. The van der Waals surface area contributed by atoms with Crippen molar-refractivity contribution >= 4 is 29.9 Å². The number of aliphatic imine (C=N–C) groups is 1. The number of nitrogens with one attached hydrogen (secondary N) is 1. The Balaban J connectivity index is 0.00000242. The molecule has 120 valence electrons. The van der Waals surface area contributed by atoms with E-state index in [9.17, 15) is 0 Å². The van der Waals surface area contributed by atoms with E-state index >= 15 is 0 Å². The molecule has 7 heteroatoms. The number of pyridine rings is 1. The molecule has 0 aliphatic carbocycles. The first-order valence-electron chi connectivity index (χ1n) is 7.04. The number of nitrogens with two attached hydrogens (primary N) is 1. The summed E-state index contributed by atoms with van der Waals surface area (Å²) >= 11 is 0. The van der Waals surface area contributed by atoms with Crippen LogP contribution in [-0.2, 0) is 13.0 Å². The summed E-state index contributed by atoms with van der Waals surface area (Å²) in [5.74, 6) is 1.46. The molecular formula is C15H22IN5O. The lowest BCUT2D eigenvalue weighted by Gasteiger charge is -2.04. The molecule has 22 heavy (non-hydrogen) atoms. The number of hydrogen-bond donors (Lipinski definition) is 2. The predicted molar refractivity (Wildman–Crippen MR) is 97.3 cm³/mol. The van der Waals surface area contributed by atoms with E-state index in [4.69, 9.17) is 10.3 Å². The van der Waals surface area contributed by atoms with Gasteiger partial charge in [-0.1, -0.05) is 25.1 Å². The van der Waals surface area contributed by atoms with E-state index in [2.05, 4.69) is 34.3 Å². The fourth-order valence-electron chi connectivity index (χ4n) is 1.76. The van der Waals surface area contributed by atoms with Crippen molar-refractivity contribution in [2.45, 2.75) is 32.7 Å². The summed E-state index contributed by atoms with van der Waals surface area (Å²) in [5, 5.41) is 7.04. The Hall–Kier alpha value is -1.64. The Morgan fingerprint density at radius 1 is 1.41 bits per heavy atom. The molecule has 0 saturated carbocycles. The Labute approximate surface area is 147 Å². The third-order valence-corrected chi connectivity index (χ3v) is 2.99. The normalized spacial score (nSPS) is 11.3. The second-order valence-electron chi connectivity index (χ2n) is 5.07. The fourth-order valence-corrected chi connectivity index (χ4v) is 1.76. The molecule has 0 unspecified atom stereocenters. The highest BCUT2D eigenvalue weighted by Crippen LogP contribution is 2.14. The van der Waals surface area contributed by atoms with Crippen LogP contribution in [0.4, 0.5) is 0 Å². The molecule has 0 amide bonds. The molecule has 2 aromatic heterocycles. The average Bonchev–Trinajstić information content (AvgIpc) is 2.95. The lowest BCUT2D eigenvalue weighted by atomic mass is 10.1. The first-order valence-corrected chi connectivity index (χ1v) is 7.04. The molecule has 0 aliphatic heterocycles. The van der Waals surface area contributed by atoms with Gasteiger partial charge >= 0.3 is 0 Å². The van der Waals surface area contributed by atoms with Crippen molar-refractivity contribution in [2.24, 2.45) is 10.7 Å². The summed E-state index contributed by atoms with van der Waals surface area (Å²) in [6.07, 6.45) is 2.58. The van der Waals surface area contributed by atoms with E-state index in [1.165, 1.54) is 0 Å². The number of hydrogen-bond acceptors (Lipinski definition) is 4. The van der Waals surface area contributed by atoms with Gasteiger partial charge in [0.2, 0.25) is 0 Å². The lowest BCUT2D eigenvalue weighted by molar-refractivity contribution is 0.376. The highest BCUT2D eigenvalue weighted by molar-refractivity contribution is 14.0. The van der Waals surface area contributed by atoms with Gasteiger partial charge in [0.1, 0.15) is 6.54 Å². The summed E-state index contributed by atoms with van der Waals surface area (Å²) in [6, 6.07) is 7.76. The summed E-state index contributed by atoms with van der Waals surface area (Å²) < 4.78 is 5.20. The SMILES string of the molecule is CC(C)c1cc(CN=C(N)NCCc2ccccn2)on1.I. The summed E-state index contributed by atoms with van der Waals surface area (Å²) in [4.78, 5) is 8.47. The number of aromatic nitrogens is 2. The molecule has 0 saturated heterocycles. The van der Waals surface area contributed by atoms with Crippen LogP contribution in [-0.4, -0.2) is 22.6 Å². The summed E-state index contributed by atoms with van der Waals surface area (Å²) in [6.45, 7) is 5.22. The van der Waals surface area contributed by atoms with E-state index in [1.807, 2.05) is 24.3 Å². The van der Waals surface area contributed by atoms with E-state index < -0.39 is 0 Å². The number of nitrogens with zero attached hydrogens (tertiary/aromatic N) is 3. The van der Waals surface area contributed by atoms with Crippen LogP contribution in [0.15, 0.2) is 40.0 Å². The van der Waals surface area contributed by atoms with Gasteiger partial charge in [0.05, 0.1) is 5.69 Å². The van der Waals surface area contributed by atoms with Crippen molar-refractivity contribution in [1.29, 1.82) is 0 Å². The predicted octanol–water partition coefficient (Wildman–Crippen LogP) is 2.46. The van der Waals surface area contributed by atoms with Crippen molar-refractivity contribution in [2.75, 3.05) is 6.54 Å². The Kier molecular flexibility index (Phi) is 7.86. The van der Waals surface area contributed by atoms with Crippen LogP contribution >= 0.6 is 24.0 Å². The molecule has 0 atom stereocenters. The largest absolute Gasteiger partial charge is 0.370 e. The molecule has 2 aromatic rings. The van der Waals surface area contributed by atoms with Gasteiger partial charge in [0.15, 0.2) is 11.7 Å². The first-order chi connectivity index (χ1) is 10.1. The van der Waals surface area contributed by atoms with E-state index in [-0.39, 0.29) is 24.0 Å². The molecule has 0 aliphatic rings. The van der Waals surface area contributed by atoms with E-state index in [1.54, 1.807) is 6.20 Å². The van der Waals surface area contributed by atoms with Gasteiger partial charge in [-0.15, -0.1) is 24.0 Å². The number of halogens is 1. The smallest absolute Gasteiger partial charge is 0.189 e. The molecule has 0 radical (unpaired) electrons. The molecular weight excluding hydrogens is 393 g/mol. The highest BCUT2D eigenvalue weighted by atomic mass is 127. The van der Waals surface area contributed by atoms with Crippen LogP contribution in [0.3, 0.4) is 0 Å². The molecule has 6 nitrogen and oxygen atoms in total. The van der Waals surface area contributed by atoms with Crippen LogP contribution in [0.2, 0.25) is 0 Å². The molecule has 0 spiro atoms. The topological polar surface area (TPSA) is 89.3 Å². The Morgan fingerprint density at radius 3 is 2.86 bits per heavy atom. The Bertz CT molecular complexity index is 583. The van der Waals surface area contributed by atoms with Gasteiger partial charge in [-0.25, -0.2) is 4.99 Å². The molecule has 3 N–H and O–H groups in total. The third kappa shape index (κ3) is 6.00. The Morgan fingerprint density at radius 2 is 2.23 bits per heavy atom. The van der Waals surface area contributed by atoms with Gasteiger partial charge < -0.3 is 15.6 Å². The third-order valence-electron chi connectivity index (χ3n) is 2.99. The van der Waals surface area contributed by atoms with Crippen LogP contribution in [0.1, 0.15) is 36.9 Å². The minimum atomic E-state index is 0. The zero-order valence-corrected chi connectivity index (χ0v) is 15.2. The van der Waals surface area contributed by atoms with Gasteiger partial charge in [0, 0.05) is 30.9 Å². The van der Waals surface area contributed by atoms with E-state index in [0.29, 0.717) is 30.7 Å². The van der Waals surface area contributed by atoms with Crippen molar-refractivity contribution in [3.63, 3.8) is 0 Å². The maximum absolute atomic E-state index is 5.81. The minimum Gasteiger partial charge on any atom is -0.370 e. The van der Waals surface area contributed by atoms with Crippen LogP contribution in [0, 0.1) is 0 Å². The monoisotopic (exact) mass is 415 g/mol. The zero-order valence-electron chi connectivity index (χ0n) is 12.8. The van der Waals surface area contributed by atoms with Gasteiger partial charge in [-0.2, -0.15) is 0 Å².